The molecule has 7 nitrogen and oxygen atoms in total. The van der Waals surface area contributed by atoms with Gasteiger partial charge in [-0.05, 0) is 14.0 Å². The maximum atomic E-state index is 10.6. The van der Waals surface area contributed by atoms with Crippen molar-refractivity contribution in [3.05, 3.63) is 36.7 Å². The molecule has 0 aliphatic carbocycles. The molecule has 0 aromatic carbocycles. The summed E-state index contributed by atoms with van der Waals surface area (Å²) in [4.78, 5) is 27.6. The standard InChI is InChI=1S/C14H15N5.C2HF3O2/c1-3-4-5-19(2)10-12-6-17-14(18-7-12)13-8-15-11-16-9-13;3-2(4,5)1(6)7/h6-9,11H,5,10H2,1-2H3;(H,6,7). The maximum absolute atomic E-state index is 10.6. The van der Waals surface area contributed by atoms with Gasteiger partial charge in [0.15, 0.2) is 5.82 Å². The van der Waals surface area contributed by atoms with E-state index in [0.29, 0.717) is 5.82 Å². The average molecular weight is 367 g/mol. The summed E-state index contributed by atoms with van der Waals surface area (Å²) < 4.78 is 31.7. The molecule has 0 saturated heterocycles. The number of hydrogen-bond acceptors (Lipinski definition) is 6. The van der Waals surface area contributed by atoms with Gasteiger partial charge >= 0.3 is 12.1 Å². The lowest BCUT2D eigenvalue weighted by atomic mass is 10.3. The van der Waals surface area contributed by atoms with E-state index in [1.54, 1.807) is 12.4 Å². The molecule has 0 radical (unpaired) electrons. The van der Waals surface area contributed by atoms with Crippen LogP contribution in [0.4, 0.5) is 13.2 Å². The third-order valence-corrected chi connectivity index (χ3v) is 2.74. The molecule has 0 aliphatic rings. The molecular formula is C16H16F3N5O2. The van der Waals surface area contributed by atoms with Gasteiger partial charge < -0.3 is 5.11 Å². The van der Waals surface area contributed by atoms with Gasteiger partial charge in [-0.1, -0.05) is 5.92 Å². The van der Waals surface area contributed by atoms with Gasteiger partial charge in [-0.25, -0.2) is 24.7 Å². The van der Waals surface area contributed by atoms with E-state index in [2.05, 4.69) is 36.7 Å². The summed E-state index contributed by atoms with van der Waals surface area (Å²) in [5.74, 6) is 3.78. The minimum atomic E-state index is -5.08. The summed E-state index contributed by atoms with van der Waals surface area (Å²) in [5.41, 5.74) is 1.88. The van der Waals surface area contributed by atoms with Gasteiger partial charge in [0.2, 0.25) is 0 Å². The largest absolute Gasteiger partial charge is 0.490 e. The van der Waals surface area contributed by atoms with Crippen LogP contribution in [0.3, 0.4) is 0 Å². The smallest absolute Gasteiger partial charge is 0.475 e. The Morgan fingerprint density at radius 3 is 2.19 bits per heavy atom. The monoisotopic (exact) mass is 367 g/mol. The van der Waals surface area contributed by atoms with E-state index >= 15 is 0 Å². The van der Waals surface area contributed by atoms with Crippen molar-refractivity contribution in [2.24, 2.45) is 0 Å². The Hall–Kier alpha value is -3.06. The minimum absolute atomic E-state index is 0.639. The zero-order chi connectivity index (χ0) is 19.6. The third kappa shape index (κ3) is 7.67. The molecule has 0 amide bonds. The fourth-order valence-corrected chi connectivity index (χ4v) is 1.58. The summed E-state index contributed by atoms with van der Waals surface area (Å²) in [6, 6.07) is 0. The highest BCUT2D eigenvalue weighted by molar-refractivity contribution is 5.73. The number of aromatic nitrogens is 4. The lowest BCUT2D eigenvalue weighted by molar-refractivity contribution is -0.192. The van der Waals surface area contributed by atoms with E-state index in [1.165, 1.54) is 6.33 Å². The molecule has 0 spiro atoms. The van der Waals surface area contributed by atoms with E-state index in [1.807, 2.05) is 26.4 Å². The Balaban J connectivity index is 0.000000412. The number of nitrogens with zero attached hydrogens (tertiary/aromatic N) is 5. The summed E-state index contributed by atoms with van der Waals surface area (Å²) >= 11 is 0. The molecule has 2 aromatic heterocycles. The molecule has 0 unspecified atom stereocenters. The van der Waals surface area contributed by atoms with Crippen molar-refractivity contribution < 1.29 is 23.1 Å². The van der Waals surface area contributed by atoms with Crippen LogP contribution < -0.4 is 0 Å². The zero-order valence-electron chi connectivity index (χ0n) is 14.0. The van der Waals surface area contributed by atoms with Crippen LogP contribution in [0.5, 0.6) is 0 Å². The number of halogens is 3. The highest BCUT2D eigenvalue weighted by atomic mass is 19.4. The third-order valence-electron chi connectivity index (χ3n) is 2.74. The first-order valence-corrected chi connectivity index (χ1v) is 7.18. The van der Waals surface area contributed by atoms with Crippen molar-refractivity contribution in [2.75, 3.05) is 13.6 Å². The van der Waals surface area contributed by atoms with Crippen LogP contribution in [0.2, 0.25) is 0 Å². The van der Waals surface area contributed by atoms with Crippen LogP contribution in [0, 0.1) is 11.8 Å². The van der Waals surface area contributed by atoms with Crippen molar-refractivity contribution in [1.82, 2.24) is 24.8 Å². The topological polar surface area (TPSA) is 92.1 Å². The second kappa shape index (κ2) is 10.0. The van der Waals surface area contributed by atoms with Crippen molar-refractivity contribution in [3.8, 4) is 23.2 Å². The van der Waals surface area contributed by atoms with Gasteiger partial charge in [0.1, 0.15) is 6.33 Å². The zero-order valence-corrected chi connectivity index (χ0v) is 14.0. The minimum Gasteiger partial charge on any atom is -0.475 e. The SMILES string of the molecule is CC#CCN(C)Cc1cnc(-c2cncnc2)nc1.O=C(O)C(F)(F)F. The molecule has 10 heteroatoms. The molecule has 0 bridgehead atoms. The first kappa shape index (κ1) is 21.0. The van der Waals surface area contributed by atoms with Crippen LogP contribution in [0.15, 0.2) is 31.1 Å². The Morgan fingerprint density at radius 1 is 1.19 bits per heavy atom. The lowest BCUT2D eigenvalue weighted by Gasteiger charge is -2.12. The summed E-state index contributed by atoms with van der Waals surface area (Å²) in [6.45, 7) is 3.36. The summed E-state index contributed by atoms with van der Waals surface area (Å²) in [5, 5.41) is 7.12. The predicted octanol–water partition coefficient (Wildman–Crippen LogP) is 2.02. The molecule has 2 rings (SSSR count). The molecule has 0 aliphatic heterocycles. The molecule has 1 N–H and O–H groups in total. The summed E-state index contributed by atoms with van der Waals surface area (Å²) in [7, 11) is 2.02. The first-order valence-electron chi connectivity index (χ1n) is 7.18. The number of rotatable bonds is 4. The lowest BCUT2D eigenvalue weighted by Crippen LogP contribution is -2.21. The second-order valence-corrected chi connectivity index (χ2v) is 4.94. The van der Waals surface area contributed by atoms with Crippen LogP contribution in [-0.4, -0.2) is 55.7 Å². The highest BCUT2D eigenvalue weighted by Gasteiger charge is 2.38. The molecular weight excluding hydrogens is 351 g/mol. The van der Waals surface area contributed by atoms with Crippen molar-refractivity contribution in [3.63, 3.8) is 0 Å². The molecule has 0 fully saturated rings. The van der Waals surface area contributed by atoms with Crippen molar-refractivity contribution in [2.45, 2.75) is 19.6 Å². The van der Waals surface area contributed by atoms with Gasteiger partial charge in [-0.15, -0.1) is 5.92 Å². The second-order valence-electron chi connectivity index (χ2n) is 4.94. The normalized spacial score (nSPS) is 10.4. The number of carbonyl (C=O) groups is 1. The number of alkyl halides is 3. The molecule has 2 aromatic rings. The number of carboxylic acids is 1. The fourth-order valence-electron chi connectivity index (χ4n) is 1.58. The Kier molecular flexibility index (Phi) is 8.11. The van der Waals surface area contributed by atoms with Gasteiger partial charge in [-0.2, -0.15) is 13.2 Å². The van der Waals surface area contributed by atoms with Crippen LogP contribution >= 0.6 is 0 Å². The number of hydrogen-bond donors (Lipinski definition) is 1. The van der Waals surface area contributed by atoms with Crippen LogP contribution in [-0.2, 0) is 11.3 Å². The van der Waals surface area contributed by atoms with E-state index in [0.717, 1.165) is 24.2 Å². The number of aliphatic carboxylic acids is 1. The maximum Gasteiger partial charge on any atom is 0.490 e. The molecule has 138 valence electrons. The van der Waals surface area contributed by atoms with Crippen molar-refractivity contribution >= 4 is 5.97 Å². The Labute approximate surface area is 148 Å². The molecule has 26 heavy (non-hydrogen) atoms. The fraction of sp³-hybridized carbons (Fsp3) is 0.312. The first-order chi connectivity index (χ1) is 12.2. The Morgan fingerprint density at radius 2 is 1.73 bits per heavy atom. The number of carboxylic acid groups (broad SMARTS) is 1. The molecule has 0 atom stereocenters. The van der Waals surface area contributed by atoms with Gasteiger partial charge in [-0.3, -0.25) is 4.90 Å². The Bertz CT molecular complexity index is 755. The van der Waals surface area contributed by atoms with Gasteiger partial charge in [0, 0.05) is 36.9 Å². The van der Waals surface area contributed by atoms with E-state index in [4.69, 9.17) is 9.90 Å². The van der Waals surface area contributed by atoms with E-state index in [-0.39, 0.29) is 0 Å². The molecule has 2 heterocycles. The molecule has 0 saturated carbocycles. The van der Waals surface area contributed by atoms with E-state index < -0.39 is 12.1 Å². The van der Waals surface area contributed by atoms with Crippen LogP contribution in [0.1, 0.15) is 12.5 Å². The average Bonchev–Trinajstić information content (AvgIpc) is 2.61. The van der Waals surface area contributed by atoms with Gasteiger partial charge in [0.05, 0.1) is 12.1 Å². The van der Waals surface area contributed by atoms with E-state index in [9.17, 15) is 13.2 Å². The highest BCUT2D eigenvalue weighted by Crippen LogP contribution is 2.13. The quantitative estimate of drug-likeness (QED) is 0.827. The van der Waals surface area contributed by atoms with Crippen molar-refractivity contribution in [1.29, 1.82) is 0 Å². The van der Waals surface area contributed by atoms with Gasteiger partial charge in [0.25, 0.3) is 0 Å². The van der Waals surface area contributed by atoms with Crippen LogP contribution in [0.25, 0.3) is 11.4 Å². The summed E-state index contributed by atoms with van der Waals surface area (Å²) in [6.07, 6.45) is 3.45. The predicted molar refractivity (Wildman–Crippen MR) is 86.5 cm³/mol.